The van der Waals surface area contributed by atoms with Crippen LogP contribution in [0.15, 0.2) is 24.3 Å². The summed E-state index contributed by atoms with van der Waals surface area (Å²) in [7, 11) is 1.42. The molecule has 0 bridgehead atoms. The van der Waals surface area contributed by atoms with E-state index in [-0.39, 0.29) is 11.3 Å². The quantitative estimate of drug-likeness (QED) is 0.860. The molecule has 1 fully saturated rings. The average Bonchev–Trinajstić information content (AvgIpc) is 3.01. The van der Waals surface area contributed by atoms with Gasteiger partial charge in [-0.2, -0.15) is 0 Å². The number of carbonyl (C=O) groups is 3. The van der Waals surface area contributed by atoms with Crippen molar-refractivity contribution in [3.8, 4) is 5.75 Å². The normalized spacial score (nSPS) is 18.5. The van der Waals surface area contributed by atoms with Crippen LogP contribution in [0.5, 0.6) is 5.75 Å². The van der Waals surface area contributed by atoms with E-state index in [4.69, 9.17) is 5.11 Å². The van der Waals surface area contributed by atoms with Gasteiger partial charge in [-0.3, -0.25) is 9.59 Å². The molecule has 2 N–H and O–H groups in total. The number of aliphatic carboxylic acids is 1. The van der Waals surface area contributed by atoms with Crippen molar-refractivity contribution in [1.29, 1.82) is 0 Å². The first-order valence-electron chi connectivity index (χ1n) is 7.43. The van der Waals surface area contributed by atoms with Crippen molar-refractivity contribution in [2.24, 2.45) is 0 Å². The smallest absolute Gasteiger partial charge is 0.326 e. The number of carbonyl (C=O) groups excluding carboxylic acids is 2. The van der Waals surface area contributed by atoms with E-state index < -0.39 is 29.9 Å². The number of nitrogens with zero attached hydrogens (tertiary/aromatic N) is 2. The number of hydrogen-bond acceptors (Lipinski definition) is 4. The van der Waals surface area contributed by atoms with E-state index in [0.717, 1.165) is 4.90 Å². The third-order valence-electron chi connectivity index (χ3n) is 4.22. The second-order valence-corrected chi connectivity index (χ2v) is 5.64. The topological polar surface area (TPSA) is 98.2 Å². The first-order chi connectivity index (χ1) is 10.8. The summed E-state index contributed by atoms with van der Waals surface area (Å²) in [5.41, 5.74) is 0.140. The van der Waals surface area contributed by atoms with Crippen molar-refractivity contribution in [3.63, 3.8) is 0 Å². The Morgan fingerprint density at radius 3 is 2.57 bits per heavy atom. The highest BCUT2D eigenvalue weighted by molar-refractivity contribution is 6.00. The number of likely N-dealkylation sites (N-methyl/N-ethyl adjacent to an activating group) is 1. The third-order valence-corrected chi connectivity index (χ3v) is 4.22. The fraction of sp³-hybridized carbons (Fsp3) is 0.438. The molecule has 124 valence electrons. The summed E-state index contributed by atoms with van der Waals surface area (Å²) in [6, 6.07) is 4.50. The Kier molecular flexibility index (Phi) is 4.88. The number of hydrogen-bond donors (Lipinski definition) is 2. The molecule has 0 spiro atoms. The average molecular weight is 320 g/mol. The molecule has 1 saturated heterocycles. The molecule has 0 radical (unpaired) electrons. The number of amides is 2. The lowest BCUT2D eigenvalue weighted by molar-refractivity contribution is -0.149. The van der Waals surface area contributed by atoms with Crippen LogP contribution in [-0.2, 0) is 9.59 Å². The van der Waals surface area contributed by atoms with Gasteiger partial charge in [-0.25, -0.2) is 4.79 Å². The van der Waals surface area contributed by atoms with E-state index in [1.165, 1.54) is 31.0 Å². The van der Waals surface area contributed by atoms with E-state index in [1.807, 2.05) is 0 Å². The van der Waals surface area contributed by atoms with Crippen LogP contribution in [-0.4, -0.2) is 63.5 Å². The van der Waals surface area contributed by atoms with Gasteiger partial charge in [0.1, 0.15) is 17.8 Å². The monoisotopic (exact) mass is 320 g/mol. The van der Waals surface area contributed by atoms with Crippen LogP contribution in [0.2, 0.25) is 0 Å². The lowest BCUT2D eigenvalue weighted by Crippen LogP contribution is -2.50. The second kappa shape index (κ2) is 6.68. The zero-order chi connectivity index (χ0) is 17.1. The van der Waals surface area contributed by atoms with E-state index in [9.17, 15) is 19.5 Å². The standard InChI is InChI=1S/C16H20N2O5/c1-10(16(22)23)17(2)15(21)12-7-5-9-18(12)14(20)11-6-3-4-8-13(11)19/h3-4,6,8,10,12,19H,5,7,9H2,1-2H3,(H,22,23). The number of rotatable bonds is 4. The van der Waals surface area contributed by atoms with Gasteiger partial charge in [0.25, 0.3) is 5.91 Å². The Labute approximate surface area is 134 Å². The minimum Gasteiger partial charge on any atom is -0.507 e. The predicted octanol–water partition coefficient (Wildman–Crippen LogP) is 0.928. The summed E-state index contributed by atoms with van der Waals surface area (Å²) in [4.78, 5) is 38.7. The van der Waals surface area contributed by atoms with Crippen molar-refractivity contribution < 1.29 is 24.6 Å². The minimum atomic E-state index is -1.10. The Hall–Kier alpha value is -2.57. The number of carboxylic acid groups (broad SMARTS) is 1. The zero-order valence-electron chi connectivity index (χ0n) is 13.1. The Morgan fingerprint density at radius 1 is 1.30 bits per heavy atom. The van der Waals surface area contributed by atoms with Gasteiger partial charge >= 0.3 is 5.97 Å². The van der Waals surface area contributed by atoms with Gasteiger partial charge in [-0.15, -0.1) is 0 Å². The molecule has 2 unspecified atom stereocenters. The van der Waals surface area contributed by atoms with Crippen LogP contribution < -0.4 is 0 Å². The molecule has 1 aromatic rings. The zero-order valence-corrected chi connectivity index (χ0v) is 13.1. The largest absolute Gasteiger partial charge is 0.507 e. The van der Waals surface area contributed by atoms with Gasteiger partial charge in [0.2, 0.25) is 5.91 Å². The maximum Gasteiger partial charge on any atom is 0.326 e. The molecule has 0 saturated carbocycles. The Bertz CT molecular complexity index is 631. The van der Waals surface area contributed by atoms with Crippen molar-refractivity contribution in [3.05, 3.63) is 29.8 Å². The number of aromatic hydroxyl groups is 1. The second-order valence-electron chi connectivity index (χ2n) is 5.64. The molecule has 1 aromatic carbocycles. The first kappa shape index (κ1) is 16.8. The van der Waals surface area contributed by atoms with Crippen LogP contribution in [0.1, 0.15) is 30.1 Å². The molecule has 2 atom stereocenters. The van der Waals surface area contributed by atoms with Crippen molar-refractivity contribution in [1.82, 2.24) is 9.80 Å². The number of para-hydroxylation sites is 1. The maximum absolute atomic E-state index is 12.6. The van der Waals surface area contributed by atoms with E-state index in [1.54, 1.807) is 12.1 Å². The molecule has 2 amide bonds. The molecular formula is C16H20N2O5. The fourth-order valence-corrected chi connectivity index (χ4v) is 2.67. The van der Waals surface area contributed by atoms with Gasteiger partial charge in [-0.05, 0) is 31.9 Å². The highest BCUT2D eigenvalue weighted by Gasteiger charge is 2.38. The van der Waals surface area contributed by atoms with Crippen molar-refractivity contribution in [2.45, 2.75) is 31.8 Å². The van der Waals surface area contributed by atoms with Gasteiger partial charge in [-0.1, -0.05) is 12.1 Å². The molecule has 0 aliphatic carbocycles. The van der Waals surface area contributed by atoms with Crippen LogP contribution in [0.3, 0.4) is 0 Å². The van der Waals surface area contributed by atoms with Gasteiger partial charge in [0.15, 0.2) is 0 Å². The van der Waals surface area contributed by atoms with Gasteiger partial charge in [0.05, 0.1) is 5.56 Å². The molecule has 7 nitrogen and oxygen atoms in total. The molecule has 1 aliphatic rings. The minimum absolute atomic E-state index is 0.136. The highest BCUT2D eigenvalue weighted by atomic mass is 16.4. The van der Waals surface area contributed by atoms with Gasteiger partial charge in [0, 0.05) is 13.6 Å². The summed E-state index contributed by atoms with van der Waals surface area (Å²) in [5.74, 6) is -2.06. The Morgan fingerprint density at radius 2 is 1.96 bits per heavy atom. The number of benzene rings is 1. The fourth-order valence-electron chi connectivity index (χ4n) is 2.67. The van der Waals surface area contributed by atoms with Crippen LogP contribution >= 0.6 is 0 Å². The van der Waals surface area contributed by atoms with Gasteiger partial charge < -0.3 is 20.0 Å². The third kappa shape index (κ3) is 3.28. The molecule has 0 aromatic heterocycles. The molecule has 7 heteroatoms. The number of phenols is 1. The number of carboxylic acids is 1. The summed E-state index contributed by atoms with van der Waals surface area (Å²) in [6.07, 6.45) is 1.14. The van der Waals surface area contributed by atoms with Crippen molar-refractivity contribution >= 4 is 17.8 Å². The van der Waals surface area contributed by atoms with Crippen LogP contribution in [0.25, 0.3) is 0 Å². The van der Waals surface area contributed by atoms with Crippen LogP contribution in [0.4, 0.5) is 0 Å². The highest BCUT2D eigenvalue weighted by Crippen LogP contribution is 2.25. The molecule has 2 rings (SSSR count). The first-order valence-corrected chi connectivity index (χ1v) is 7.43. The van der Waals surface area contributed by atoms with Crippen molar-refractivity contribution in [2.75, 3.05) is 13.6 Å². The predicted molar refractivity (Wildman–Crippen MR) is 82.0 cm³/mol. The lowest BCUT2D eigenvalue weighted by atomic mass is 10.1. The van der Waals surface area contributed by atoms with E-state index in [2.05, 4.69) is 0 Å². The summed E-state index contributed by atoms with van der Waals surface area (Å²) >= 11 is 0. The summed E-state index contributed by atoms with van der Waals surface area (Å²) in [6.45, 7) is 1.82. The van der Waals surface area contributed by atoms with Crippen LogP contribution in [0, 0.1) is 0 Å². The van der Waals surface area contributed by atoms with E-state index >= 15 is 0 Å². The maximum atomic E-state index is 12.6. The van der Waals surface area contributed by atoms with E-state index in [0.29, 0.717) is 19.4 Å². The number of phenolic OH excluding ortho intramolecular Hbond substituents is 1. The molecule has 1 heterocycles. The molecular weight excluding hydrogens is 300 g/mol. The molecule has 23 heavy (non-hydrogen) atoms. The SMILES string of the molecule is CC(C(=O)O)N(C)C(=O)C1CCCN1C(=O)c1ccccc1O. The molecule has 1 aliphatic heterocycles. The lowest BCUT2D eigenvalue weighted by Gasteiger charge is -2.30. The number of likely N-dealkylation sites (tertiary alicyclic amines) is 1. The summed E-state index contributed by atoms with van der Waals surface area (Å²) in [5, 5.41) is 18.8. The summed E-state index contributed by atoms with van der Waals surface area (Å²) < 4.78 is 0. The Balaban J connectivity index is 2.20.